The van der Waals surface area contributed by atoms with E-state index in [-0.39, 0.29) is 35.3 Å². The lowest BCUT2D eigenvalue weighted by Crippen LogP contribution is -2.54. The van der Waals surface area contributed by atoms with E-state index in [1.54, 1.807) is 24.3 Å². The van der Waals surface area contributed by atoms with Crippen LogP contribution < -0.4 is 19.1 Å². The van der Waals surface area contributed by atoms with Gasteiger partial charge < -0.3 is 19.7 Å². The second-order valence-electron chi connectivity index (χ2n) is 11.1. The third kappa shape index (κ3) is 8.84. The van der Waals surface area contributed by atoms with Gasteiger partial charge in [0.1, 0.15) is 18.4 Å². The molecule has 0 unspecified atom stereocenters. The van der Waals surface area contributed by atoms with Crippen molar-refractivity contribution >= 4 is 39.1 Å². The molecular formula is C36H39ClFN3O6S. The van der Waals surface area contributed by atoms with Crippen LogP contribution in [0.15, 0.2) is 102 Å². The second-order valence-corrected chi connectivity index (χ2v) is 13.4. The van der Waals surface area contributed by atoms with Crippen molar-refractivity contribution in [3.05, 3.63) is 119 Å². The molecule has 2 amide bonds. The molecule has 0 bridgehead atoms. The van der Waals surface area contributed by atoms with Gasteiger partial charge in [-0.2, -0.15) is 0 Å². The molecule has 0 fully saturated rings. The van der Waals surface area contributed by atoms with Gasteiger partial charge in [-0.05, 0) is 66.9 Å². The molecule has 0 saturated carbocycles. The molecule has 0 saturated heterocycles. The molecule has 4 aromatic carbocycles. The van der Waals surface area contributed by atoms with Crippen LogP contribution in [0.3, 0.4) is 0 Å². The number of anilines is 1. The van der Waals surface area contributed by atoms with Gasteiger partial charge in [0, 0.05) is 30.1 Å². The van der Waals surface area contributed by atoms with E-state index in [0.717, 1.165) is 22.0 Å². The minimum Gasteiger partial charge on any atom is -0.493 e. The number of sulfonamides is 1. The van der Waals surface area contributed by atoms with Gasteiger partial charge in [-0.1, -0.05) is 67.1 Å². The first-order chi connectivity index (χ1) is 23.0. The number of hydrogen-bond donors (Lipinski definition) is 1. The van der Waals surface area contributed by atoms with Gasteiger partial charge >= 0.3 is 0 Å². The number of carbonyl (C=O) groups excluding carboxylic acids is 2. The van der Waals surface area contributed by atoms with Crippen LogP contribution in [0.25, 0.3) is 0 Å². The number of methoxy groups -OCH3 is 2. The van der Waals surface area contributed by atoms with E-state index in [9.17, 15) is 22.4 Å². The first-order valence-electron chi connectivity index (χ1n) is 15.4. The van der Waals surface area contributed by atoms with E-state index in [2.05, 4.69) is 5.32 Å². The van der Waals surface area contributed by atoms with Gasteiger partial charge in [-0.25, -0.2) is 12.8 Å². The van der Waals surface area contributed by atoms with E-state index in [1.807, 2.05) is 44.2 Å². The topological polar surface area (TPSA) is 105 Å². The van der Waals surface area contributed by atoms with Crippen LogP contribution >= 0.6 is 11.6 Å². The number of hydrogen-bond acceptors (Lipinski definition) is 6. The molecule has 0 aromatic heterocycles. The summed E-state index contributed by atoms with van der Waals surface area (Å²) in [5.41, 5.74) is 1.41. The zero-order valence-electron chi connectivity index (χ0n) is 27.2. The number of carbonyl (C=O) groups is 2. The number of halogens is 2. The molecular weight excluding hydrogens is 657 g/mol. The summed E-state index contributed by atoms with van der Waals surface area (Å²) in [5.74, 6) is -1.19. The summed E-state index contributed by atoms with van der Waals surface area (Å²) < 4.78 is 54.1. The van der Waals surface area contributed by atoms with Crippen molar-refractivity contribution in [3.63, 3.8) is 0 Å². The lowest BCUT2D eigenvalue weighted by Gasteiger charge is -2.34. The summed E-state index contributed by atoms with van der Waals surface area (Å²) in [5, 5.41) is 3.37. The average molecular weight is 696 g/mol. The lowest BCUT2D eigenvalue weighted by molar-refractivity contribution is -0.140. The standard InChI is InChI=1S/C36H39ClFN3O6S/c1-5-25(2)39-36(43)32(21-26-11-7-6-8-12-26)40(23-27-13-9-10-14-31(27)37)35(42)24-41(29-17-15-28(38)16-18-29)48(44,45)30-19-20-33(46-3)34(22-30)47-4/h6-20,22,25,32H,5,21,23-24H2,1-4H3,(H,39,43)/t25-,32-/m1/s1. The Labute approximate surface area is 286 Å². The number of ether oxygens (including phenoxy) is 2. The van der Waals surface area contributed by atoms with Crippen LogP contribution in [-0.4, -0.2) is 58.0 Å². The third-order valence-electron chi connectivity index (χ3n) is 7.91. The highest BCUT2D eigenvalue weighted by molar-refractivity contribution is 7.92. The Hall–Kier alpha value is -4.61. The van der Waals surface area contributed by atoms with E-state index in [0.29, 0.717) is 22.8 Å². The Morgan fingerprint density at radius 2 is 1.54 bits per heavy atom. The average Bonchev–Trinajstić information content (AvgIpc) is 3.09. The van der Waals surface area contributed by atoms with Crippen LogP contribution in [0.5, 0.6) is 11.5 Å². The van der Waals surface area contributed by atoms with E-state index in [4.69, 9.17) is 21.1 Å². The van der Waals surface area contributed by atoms with Crippen molar-refractivity contribution in [1.29, 1.82) is 0 Å². The quantitative estimate of drug-likeness (QED) is 0.158. The summed E-state index contributed by atoms with van der Waals surface area (Å²) in [7, 11) is -1.66. The molecule has 0 aliphatic rings. The molecule has 0 radical (unpaired) electrons. The van der Waals surface area contributed by atoms with Crippen LogP contribution in [0, 0.1) is 5.82 Å². The molecule has 4 rings (SSSR count). The fourth-order valence-corrected chi connectivity index (χ4v) is 6.67. The number of nitrogens with zero attached hydrogens (tertiary/aromatic N) is 2. The highest BCUT2D eigenvalue weighted by Gasteiger charge is 2.35. The van der Waals surface area contributed by atoms with Gasteiger partial charge in [0.25, 0.3) is 10.0 Å². The van der Waals surface area contributed by atoms with Crippen molar-refractivity contribution in [2.24, 2.45) is 0 Å². The normalized spacial score (nSPS) is 12.5. The van der Waals surface area contributed by atoms with Gasteiger partial charge in [-0.15, -0.1) is 0 Å². The Morgan fingerprint density at radius 3 is 2.17 bits per heavy atom. The second kappa shape index (κ2) is 16.5. The molecule has 4 aromatic rings. The number of rotatable bonds is 15. The smallest absolute Gasteiger partial charge is 0.264 e. The predicted molar refractivity (Wildman–Crippen MR) is 184 cm³/mol. The molecule has 254 valence electrons. The lowest BCUT2D eigenvalue weighted by atomic mass is 10.0. The number of nitrogens with one attached hydrogen (secondary N) is 1. The fourth-order valence-electron chi connectivity index (χ4n) is 5.05. The highest BCUT2D eigenvalue weighted by Crippen LogP contribution is 2.33. The monoisotopic (exact) mass is 695 g/mol. The maximum Gasteiger partial charge on any atom is 0.264 e. The van der Waals surface area contributed by atoms with Crippen molar-refractivity contribution < 1.29 is 31.9 Å². The largest absolute Gasteiger partial charge is 0.493 e. The molecule has 1 N–H and O–H groups in total. The molecule has 12 heteroatoms. The Balaban J connectivity index is 1.84. The Morgan fingerprint density at radius 1 is 0.896 bits per heavy atom. The molecule has 0 spiro atoms. The van der Waals surface area contributed by atoms with E-state index >= 15 is 0 Å². The van der Waals surface area contributed by atoms with Gasteiger partial charge in [0.15, 0.2) is 11.5 Å². The van der Waals surface area contributed by atoms with Crippen LogP contribution in [0.1, 0.15) is 31.4 Å². The van der Waals surface area contributed by atoms with Gasteiger partial charge in [0.05, 0.1) is 24.8 Å². The van der Waals surface area contributed by atoms with Gasteiger partial charge in [0.2, 0.25) is 11.8 Å². The van der Waals surface area contributed by atoms with Crippen LogP contribution in [0.4, 0.5) is 10.1 Å². The summed E-state index contributed by atoms with van der Waals surface area (Å²) in [6.07, 6.45) is 0.808. The molecule has 0 aliphatic carbocycles. The summed E-state index contributed by atoms with van der Waals surface area (Å²) in [4.78, 5) is 29.7. The van der Waals surface area contributed by atoms with Crippen molar-refractivity contribution in [2.75, 3.05) is 25.1 Å². The maximum atomic E-state index is 14.6. The van der Waals surface area contributed by atoms with Gasteiger partial charge in [-0.3, -0.25) is 13.9 Å². The van der Waals surface area contributed by atoms with Crippen molar-refractivity contribution in [3.8, 4) is 11.5 Å². The predicted octanol–water partition coefficient (Wildman–Crippen LogP) is 6.25. The molecule has 0 aliphatic heterocycles. The van der Waals surface area contributed by atoms with E-state index < -0.39 is 40.2 Å². The zero-order valence-corrected chi connectivity index (χ0v) is 28.8. The SMILES string of the molecule is CC[C@@H](C)NC(=O)[C@@H](Cc1ccccc1)N(Cc1ccccc1Cl)C(=O)CN(c1ccc(F)cc1)S(=O)(=O)c1ccc(OC)c(OC)c1. The summed E-state index contributed by atoms with van der Waals surface area (Å²) in [6, 6.07) is 23.8. The summed E-state index contributed by atoms with van der Waals surface area (Å²) in [6.45, 7) is 3.00. The summed E-state index contributed by atoms with van der Waals surface area (Å²) >= 11 is 6.54. The Bertz CT molecular complexity index is 1810. The number of benzene rings is 4. The maximum absolute atomic E-state index is 14.6. The fraction of sp³-hybridized carbons (Fsp3) is 0.278. The number of amides is 2. The first kappa shape index (κ1) is 36.2. The third-order valence-corrected chi connectivity index (χ3v) is 10.0. The van der Waals surface area contributed by atoms with Crippen LogP contribution in [0.2, 0.25) is 5.02 Å². The van der Waals surface area contributed by atoms with Crippen LogP contribution in [-0.2, 0) is 32.6 Å². The molecule has 0 heterocycles. The minimum atomic E-state index is -4.46. The molecule has 2 atom stereocenters. The van der Waals surface area contributed by atoms with E-state index in [1.165, 1.54) is 49.5 Å². The highest BCUT2D eigenvalue weighted by atomic mass is 35.5. The Kier molecular flexibility index (Phi) is 12.4. The molecule has 48 heavy (non-hydrogen) atoms. The first-order valence-corrected chi connectivity index (χ1v) is 17.2. The van der Waals surface area contributed by atoms with Crippen molar-refractivity contribution in [1.82, 2.24) is 10.2 Å². The zero-order chi connectivity index (χ0) is 34.8. The van der Waals surface area contributed by atoms with Crippen molar-refractivity contribution in [2.45, 2.75) is 50.2 Å². The minimum absolute atomic E-state index is 0.0425. The molecule has 9 nitrogen and oxygen atoms in total.